The van der Waals surface area contributed by atoms with Crippen molar-refractivity contribution in [3.63, 3.8) is 0 Å². The maximum Gasteiger partial charge on any atom is 0.272 e. The molecule has 114 valence electrons. The third-order valence-corrected chi connectivity index (χ3v) is 3.91. The summed E-state index contributed by atoms with van der Waals surface area (Å²) in [6.45, 7) is 2.34. The van der Waals surface area contributed by atoms with Crippen molar-refractivity contribution in [2.24, 2.45) is 0 Å². The first kappa shape index (κ1) is 13.2. The second kappa shape index (κ2) is 5.38. The normalized spacial score (nSPS) is 21.0. The summed E-state index contributed by atoms with van der Waals surface area (Å²) in [4.78, 5) is 28.7. The summed E-state index contributed by atoms with van der Waals surface area (Å²) in [6, 6.07) is 3.28. The minimum atomic E-state index is -0.416. The number of carbonyl (C=O) groups is 1. The number of hydrogen-bond donors (Lipinski definition) is 0. The van der Waals surface area contributed by atoms with Gasteiger partial charge in [-0.25, -0.2) is 15.0 Å². The van der Waals surface area contributed by atoms with E-state index in [1.165, 1.54) is 5.06 Å². The molecule has 0 aromatic carbocycles. The monoisotopic (exact) mass is 300 g/mol. The fourth-order valence-corrected chi connectivity index (χ4v) is 2.87. The highest BCUT2D eigenvalue weighted by Crippen LogP contribution is 2.25. The van der Waals surface area contributed by atoms with Crippen molar-refractivity contribution in [1.82, 2.24) is 24.8 Å². The zero-order valence-electron chi connectivity index (χ0n) is 12.0. The van der Waals surface area contributed by atoms with E-state index in [2.05, 4.69) is 15.1 Å². The minimum Gasteiger partial charge on any atom is -0.332 e. The number of nitrogens with zero attached hydrogens (tertiary/aromatic N) is 6. The molecule has 0 bridgehead atoms. The molecule has 0 aliphatic carbocycles. The molecule has 0 N–H and O–H groups in total. The predicted octanol–water partition coefficient (Wildman–Crippen LogP) is 0.398. The topological polar surface area (TPSA) is 76.4 Å². The van der Waals surface area contributed by atoms with Gasteiger partial charge in [0.15, 0.2) is 6.04 Å². The molecule has 1 amide bonds. The van der Waals surface area contributed by atoms with E-state index in [9.17, 15) is 4.79 Å². The van der Waals surface area contributed by atoms with Gasteiger partial charge in [0.2, 0.25) is 5.95 Å². The van der Waals surface area contributed by atoms with Crippen molar-refractivity contribution in [1.29, 1.82) is 0 Å². The third kappa shape index (κ3) is 2.21. The number of amides is 1. The summed E-state index contributed by atoms with van der Waals surface area (Å²) >= 11 is 0. The first-order valence-electron chi connectivity index (χ1n) is 7.31. The quantitative estimate of drug-likeness (QED) is 0.799. The van der Waals surface area contributed by atoms with Gasteiger partial charge in [-0.3, -0.25) is 14.3 Å². The Morgan fingerprint density at radius 2 is 2.14 bits per heavy atom. The van der Waals surface area contributed by atoms with E-state index < -0.39 is 6.04 Å². The van der Waals surface area contributed by atoms with Crippen LogP contribution in [0.3, 0.4) is 0 Å². The van der Waals surface area contributed by atoms with Crippen LogP contribution in [0.25, 0.3) is 0 Å². The van der Waals surface area contributed by atoms with E-state index in [1.54, 1.807) is 29.3 Å². The number of aromatic nitrogens is 4. The van der Waals surface area contributed by atoms with Crippen molar-refractivity contribution < 1.29 is 9.63 Å². The molecule has 4 heterocycles. The highest BCUT2D eigenvalue weighted by Gasteiger charge is 2.36. The van der Waals surface area contributed by atoms with Crippen LogP contribution in [0.2, 0.25) is 0 Å². The summed E-state index contributed by atoms with van der Waals surface area (Å²) in [5, 5.41) is 5.75. The van der Waals surface area contributed by atoms with Gasteiger partial charge < -0.3 is 4.90 Å². The van der Waals surface area contributed by atoms with Gasteiger partial charge >= 0.3 is 0 Å². The van der Waals surface area contributed by atoms with E-state index in [4.69, 9.17) is 4.84 Å². The fraction of sp³-hybridized carbons (Fsp3) is 0.429. The largest absolute Gasteiger partial charge is 0.332 e. The van der Waals surface area contributed by atoms with E-state index >= 15 is 0 Å². The SMILES string of the molecule is O=C([C@H]1CN(c2ncccn2)Cc2ccnn21)N1CCCO1. The van der Waals surface area contributed by atoms with Crippen LogP contribution in [0.4, 0.5) is 5.95 Å². The van der Waals surface area contributed by atoms with E-state index in [1.807, 2.05) is 11.0 Å². The van der Waals surface area contributed by atoms with Crippen LogP contribution < -0.4 is 4.90 Å². The van der Waals surface area contributed by atoms with Crippen molar-refractivity contribution in [2.75, 3.05) is 24.6 Å². The summed E-state index contributed by atoms with van der Waals surface area (Å²) in [5.74, 6) is 0.554. The van der Waals surface area contributed by atoms with Gasteiger partial charge in [0.1, 0.15) is 0 Å². The lowest BCUT2D eigenvalue weighted by Gasteiger charge is -2.34. The molecule has 2 aromatic rings. The highest BCUT2D eigenvalue weighted by atomic mass is 16.7. The Labute approximate surface area is 127 Å². The molecule has 2 aromatic heterocycles. The average Bonchev–Trinajstić information content (AvgIpc) is 3.25. The molecule has 0 spiro atoms. The zero-order valence-corrected chi connectivity index (χ0v) is 12.0. The molecule has 1 saturated heterocycles. The molecular formula is C14H16N6O2. The Morgan fingerprint density at radius 1 is 1.27 bits per heavy atom. The molecule has 1 atom stereocenters. The molecule has 0 saturated carbocycles. The molecule has 8 heteroatoms. The summed E-state index contributed by atoms with van der Waals surface area (Å²) in [7, 11) is 0. The second-order valence-corrected chi connectivity index (χ2v) is 5.34. The third-order valence-electron chi connectivity index (χ3n) is 3.91. The van der Waals surface area contributed by atoms with Gasteiger partial charge in [0.05, 0.1) is 31.9 Å². The lowest BCUT2D eigenvalue weighted by atomic mass is 10.2. The van der Waals surface area contributed by atoms with Crippen LogP contribution in [-0.4, -0.2) is 50.4 Å². The average molecular weight is 300 g/mol. The molecule has 22 heavy (non-hydrogen) atoms. The second-order valence-electron chi connectivity index (χ2n) is 5.34. The number of anilines is 1. The Kier molecular flexibility index (Phi) is 3.23. The Bertz CT molecular complexity index is 667. The van der Waals surface area contributed by atoms with Gasteiger partial charge in [-0.15, -0.1) is 0 Å². The van der Waals surface area contributed by atoms with Crippen LogP contribution in [0.15, 0.2) is 30.7 Å². The number of rotatable bonds is 2. The fourth-order valence-electron chi connectivity index (χ4n) is 2.87. The Balaban J connectivity index is 1.64. The maximum atomic E-state index is 12.7. The standard InChI is InChI=1S/C14H16N6O2/c21-13(19-7-2-8-22-19)12-10-18(14-15-4-1-5-16-14)9-11-3-6-17-20(11)12/h1,3-6,12H,2,7-10H2/t12-/m1/s1. The molecule has 4 rings (SSSR count). The van der Waals surface area contributed by atoms with Crippen molar-refractivity contribution >= 4 is 11.9 Å². The Morgan fingerprint density at radius 3 is 2.91 bits per heavy atom. The van der Waals surface area contributed by atoms with Crippen molar-refractivity contribution in [2.45, 2.75) is 19.0 Å². The first-order valence-corrected chi connectivity index (χ1v) is 7.31. The highest BCUT2D eigenvalue weighted by molar-refractivity contribution is 5.80. The minimum absolute atomic E-state index is 0.0666. The summed E-state index contributed by atoms with van der Waals surface area (Å²) in [6.07, 6.45) is 6.00. The van der Waals surface area contributed by atoms with Gasteiger partial charge in [0, 0.05) is 18.6 Å². The van der Waals surface area contributed by atoms with E-state index in [0.717, 1.165) is 12.1 Å². The van der Waals surface area contributed by atoms with Gasteiger partial charge in [-0.1, -0.05) is 0 Å². The number of fused-ring (bicyclic) bond motifs is 1. The van der Waals surface area contributed by atoms with Crippen LogP contribution in [0, 0.1) is 0 Å². The van der Waals surface area contributed by atoms with Crippen molar-refractivity contribution in [3.05, 3.63) is 36.4 Å². The first-order chi connectivity index (χ1) is 10.8. The van der Waals surface area contributed by atoms with E-state index in [0.29, 0.717) is 32.2 Å². The van der Waals surface area contributed by atoms with Gasteiger partial charge in [-0.05, 0) is 18.6 Å². The summed E-state index contributed by atoms with van der Waals surface area (Å²) in [5.41, 5.74) is 0.969. The smallest absolute Gasteiger partial charge is 0.272 e. The van der Waals surface area contributed by atoms with Crippen molar-refractivity contribution in [3.8, 4) is 0 Å². The number of hydroxylamine groups is 2. The number of carbonyl (C=O) groups excluding carboxylic acids is 1. The number of hydrogen-bond acceptors (Lipinski definition) is 6. The van der Waals surface area contributed by atoms with Gasteiger partial charge in [0.25, 0.3) is 5.91 Å². The Hall–Kier alpha value is -2.48. The lowest BCUT2D eigenvalue weighted by Crippen LogP contribution is -2.46. The van der Waals surface area contributed by atoms with Crippen LogP contribution in [0.5, 0.6) is 0 Å². The molecule has 0 unspecified atom stereocenters. The zero-order chi connectivity index (χ0) is 14.9. The summed E-state index contributed by atoms with van der Waals surface area (Å²) < 4.78 is 1.78. The lowest BCUT2D eigenvalue weighted by molar-refractivity contribution is -0.172. The molecule has 8 nitrogen and oxygen atoms in total. The molecular weight excluding hydrogens is 284 g/mol. The van der Waals surface area contributed by atoms with Gasteiger partial charge in [-0.2, -0.15) is 5.10 Å². The predicted molar refractivity (Wildman–Crippen MR) is 76.6 cm³/mol. The molecule has 2 aliphatic heterocycles. The molecule has 2 aliphatic rings. The molecule has 0 radical (unpaired) electrons. The van der Waals surface area contributed by atoms with E-state index in [-0.39, 0.29) is 5.91 Å². The van der Waals surface area contributed by atoms with Crippen LogP contribution in [0.1, 0.15) is 18.2 Å². The maximum absolute atomic E-state index is 12.7. The van der Waals surface area contributed by atoms with Crippen LogP contribution in [-0.2, 0) is 16.2 Å². The molecule has 1 fully saturated rings. The van der Waals surface area contributed by atoms with Crippen LogP contribution >= 0.6 is 0 Å².